The van der Waals surface area contributed by atoms with E-state index >= 15 is 0 Å². The van der Waals surface area contributed by atoms with E-state index in [2.05, 4.69) is 21.2 Å². The number of nitrogens with one attached hydrogen (secondary N) is 1. The molecule has 0 amide bonds. The van der Waals surface area contributed by atoms with Crippen LogP contribution in [0, 0.1) is 5.82 Å². The molecule has 0 saturated heterocycles. The Morgan fingerprint density at radius 3 is 2.94 bits per heavy atom. The van der Waals surface area contributed by atoms with E-state index in [0.29, 0.717) is 13.1 Å². The Morgan fingerprint density at radius 1 is 1.39 bits per heavy atom. The predicted octanol–water partition coefficient (Wildman–Crippen LogP) is 3.47. The molecular formula is C13H13BrFNOS. The van der Waals surface area contributed by atoms with E-state index in [1.807, 2.05) is 17.5 Å². The molecule has 1 atom stereocenters. The molecule has 1 heterocycles. The van der Waals surface area contributed by atoms with Crippen LogP contribution in [0.5, 0.6) is 0 Å². The minimum absolute atomic E-state index is 0.256. The highest BCUT2D eigenvalue weighted by atomic mass is 79.9. The van der Waals surface area contributed by atoms with Crippen molar-refractivity contribution in [3.05, 3.63) is 56.4 Å². The van der Waals surface area contributed by atoms with E-state index in [0.717, 1.165) is 14.9 Å². The summed E-state index contributed by atoms with van der Waals surface area (Å²) >= 11 is 4.89. The second-order valence-electron chi connectivity index (χ2n) is 3.90. The van der Waals surface area contributed by atoms with Crippen LogP contribution in [0.2, 0.25) is 0 Å². The highest BCUT2D eigenvalue weighted by Gasteiger charge is 2.08. The number of halogens is 2. The quantitative estimate of drug-likeness (QED) is 0.880. The van der Waals surface area contributed by atoms with Gasteiger partial charge in [-0.25, -0.2) is 4.39 Å². The molecular weight excluding hydrogens is 317 g/mol. The lowest BCUT2D eigenvalue weighted by molar-refractivity contribution is 0.178. The Morgan fingerprint density at radius 2 is 2.22 bits per heavy atom. The van der Waals surface area contributed by atoms with Gasteiger partial charge in [0.15, 0.2) is 0 Å². The number of benzene rings is 1. The molecule has 0 spiro atoms. The zero-order chi connectivity index (χ0) is 13.0. The molecule has 2 nitrogen and oxygen atoms in total. The van der Waals surface area contributed by atoms with Gasteiger partial charge in [-0.2, -0.15) is 0 Å². The van der Waals surface area contributed by atoms with Crippen molar-refractivity contribution >= 4 is 27.3 Å². The smallest absolute Gasteiger partial charge is 0.123 e. The molecule has 0 radical (unpaired) electrons. The summed E-state index contributed by atoms with van der Waals surface area (Å²) in [4.78, 5) is 0.931. The van der Waals surface area contributed by atoms with Crippen LogP contribution in [0.4, 0.5) is 4.39 Å². The summed E-state index contributed by atoms with van der Waals surface area (Å²) in [5.41, 5.74) is 0.841. The van der Waals surface area contributed by atoms with Gasteiger partial charge in [0.05, 0.1) is 0 Å². The zero-order valence-corrected chi connectivity index (χ0v) is 12.0. The van der Waals surface area contributed by atoms with Crippen LogP contribution in [-0.4, -0.2) is 11.7 Å². The summed E-state index contributed by atoms with van der Waals surface area (Å²) in [5.74, 6) is -0.256. The van der Waals surface area contributed by atoms with Crippen LogP contribution < -0.4 is 5.32 Å². The van der Waals surface area contributed by atoms with Crippen molar-refractivity contribution in [3.8, 4) is 0 Å². The van der Waals surface area contributed by atoms with Crippen molar-refractivity contribution in [2.45, 2.75) is 12.6 Å². The Kier molecular flexibility index (Phi) is 4.88. The molecule has 1 aromatic carbocycles. The molecule has 0 saturated carbocycles. The second kappa shape index (κ2) is 6.43. The molecule has 5 heteroatoms. The molecule has 0 bridgehead atoms. The maximum atomic E-state index is 13.1. The number of hydrogen-bond donors (Lipinski definition) is 2. The van der Waals surface area contributed by atoms with Crippen molar-refractivity contribution < 1.29 is 9.50 Å². The lowest BCUT2D eigenvalue weighted by atomic mass is 10.2. The van der Waals surface area contributed by atoms with Crippen LogP contribution in [0.1, 0.15) is 16.5 Å². The van der Waals surface area contributed by atoms with Crippen molar-refractivity contribution in [1.82, 2.24) is 5.32 Å². The lowest BCUT2D eigenvalue weighted by Gasteiger charge is -2.11. The van der Waals surface area contributed by atoms with E-state index in [1.165, 1.54) is 23.5 Å². The van der Waals surface area contributed by atoms with Gasteiger partial charge in [0.25, 0.3) is 0 Å². The van der Waals surface area contributed by atoms with Gasteiger partial charge in [-0.1, -0.05) is 22.0 Å². The average Bonchev–Trinajstić information content (AvgIpc) is 2.87. The van der Waals surface area contributed by atoms with Gasteiger partial charge in [-0.15, -0.1) is 11.3 Å². The fraction of sp³-hybridized carbons (Fsp3) is 0.231. The van der Waals surface area contributed by atoms with Crippen LogP contribution in [0.3, 0.4) is 0 Å². The maximum Gasteiger partial charge on any atom is 0.123 e. The number of hydrogen-bond acceptors (Lipinski definition) is 3. The Hall–Kier alpha value is -0.750. The Balaban J connectivity index is 1.87. The van der Waals surface area contributed by atoms with Gasteiger partial charge < -0.3 is 10.4 Å². The average molecular weight is 330 g/mol. The monoisotopic (exact) mass is 329 g/mol. The molecule has 1 unspecified atom stereocenters. The van der Waals surface area contributed by atoms with Crippen LogP contribution in [0.15, 0.2) is 40.2 Å². The summed E-state index contributed by atoms with van der Waals surface area (Å²) in [7, 11) is 0. The molecule has 0 aliphatic heterocycles. The van der Waals surface area contributed by atoms with E-state index in [4.69, 9.17) is 0 Å². The summed E-state index contributed by atoms with van der Waals surface area (Å²) in [6.45, 7) is 0.963. The molecule has 18 heavy (non-hydrogen) atoms. The largest absolute Gasteiger partial charge is 0.386 e. The minimum Gasteiger partial charge on any atom is -0.386 e. The fourth-order valence-corrected chi connectivity index (χ4v) is 2.70. The first-order valence-electron chi connectivity index (χ1n) is 5.53. The highest BCUT2D eigenvalue weighted by Crippen LogP contribution is 2.19. The van der Waals surface area contributed by atoms with Crippen molar-refractivity contribution in [1.29, 1.82) is 0 Å². The van der Waals surface area contributed by atoms with Gasteiger partial charge in [-0.05, 0) is 35.2 Å². The first-order chi connectivity index (χ1) is 8.66. The van der Waals surface area contributed by atoms with Gasteiger partial charge >= 0.3 is 0 Å². The summed E-state index contributed by atoms with van der Waals surface area (Å²) in [6.07, 6.45) is -0.516. The van der Waals surface area contributed by atoms with Crippen LogP contribution in [-0.2, 0) is 6.54 Å². The van der Waals surface area contributed by atoms with Crippen LogP contribution in [0.25, 0.3) is 0 Å². The topological polar surface area (TPSA) is 32.3 Å². The predicted molar refractivity (Wildman–Crippen MR) is 75.1 cm³/mol. The van der Waals surface area contributed by atoms with E-state index in [9.17, 15) is 9.50 Å². The van der Waals surface area contributed by atoms with E-state index in [-0.39, 0.29) is 5.82 Å². The second-order valence-corrected chi connectivity index (χ2v) is 5.73. The molecule has 2 N–H and O–H groups in total. The number of aliphatic hydroxyl groups excluding tert-OH is 1. The molecule has 0 fully saturated rings. The molecule has 2 rings (SSSR count). The van der Waals surface area contributed by atoms with E-state index < -0.39 is 6.10 Å². The van der Waals surface area contributed by atoms with Crippen LogP contribution >= 0.6 is 27.3 Å². The third-order valence-electron chi connectivity index (χ3n) is 2.53. The zero-order valence-electron chi connectivity index (χ0n) is 9.57. The molecule has 96 valence electrons. The fourth-order valence-electron chi connectivity index (χ4n) is 1.60. The van der Waals surface area contributed by atoms with E-state index in [1.54, 1.807) is 6.07 Å². The third-order valence-corrected chi connectivity index (χ3v) is 4.28. The summed E-state index contributed by atoms with van der Waals surface area (Å²) in [5, 5.41) is 14.9. The van der Waals surface area contributed by atoms with Crippen molar-refractivity contribution in [3.63, 3.8) is 0 Å². The number of aliphatic hydroxyl groups is 1. The normalized spacial score (nSPS) is 12.6. The number of rotatable bonds is 5. The molecule has 2 aromatic rings. The summed E-state index contributed by atoms with van der Waals surface area (Å²) in [6, 6.07) is 8.38. The SMILES string of the molecule is OC(CNCc1cc(F)ccc1Br)c1cccs1. The van der Waals surface area contributed by atoms with Crippen molar-refractivity contribution in [2.24, 2.45) is 0 Å². The maximum absolute atomic E-state index is 13.1. The highest BCUT2D eigenvalue weighted by molar-refractivity contribution is 9.10. The lowest BCUT2D eigenvalue weighted by Crippen LogP contribution is -2.20. The van der Waals surface area contributed by atoms with Gasteiger partial charge in [0.2, 0.25) is 0 Å². The summed E-state index contributed by atoms with van der Waals surface area (Å²) < 4.78 is 13.9. The Labute approximate surface area is 118 Å². The number of thiophene rings is 1. The molecule has 0 aliphatic rings. The standard InChI is InChI=1S/C13H13BrFNOS/c14-11-4-3-10(15)6-9(11)7-16-8-12(17)13-2-1-5-18-13/h1-6,12,16-17H,7-8H2. The third kappa shape index (κ3) is 3.62. The van der Waals surface area contributed by atoms with Gasteiger partial charge in [-0.3, -0.25) is 0 Å². The molecule has 0 aliphatic carbocycles. The first kappa shape index (κ1) is 13.7. The van der Waals surface area contributed by atoms with Crippen molar-refractivity contribution in [2.75, 3.05) is 6.54 Å². The van der Waals surface area contributed by atoms with Gasteiger partial charge in [0.1, 0.15) is 11.9 Å². The first-order valence-corrected chi connectivity index (χ1v) is 7.20. The molecule has 1 aromatic heterocycles. The Bertz CT molecular complexity index is 504. The van der Waals surface area contributed by atoms with Gasteiger partial charge in [0, 0.05) is 22.4 Å². The minimum atomic E-state index is -0.516.